The number of thiazole rings is 1. The van der Waals surface area contributed by atoms with E-state index in [1.807, 2.05) is 25.3 Å². The average molecular weight is 291 g/mol. The molecule has 2 aromatic rings. The monoisotopic (exact) mass is 291 g/mol. The number of nitrogens with one attached hydrogen (secondary N) is 1. The highest BCUT2D eigenvalue weighted by Gasteiger charge is 2.16. The highest BCUT2D eigenvalue weighted by molar-refractivity contribution is 7.15. The molecule has 0 aliphatic carbocycles. The van der Waals surface area contributed by atoms with Crippen molar-refractivity contribution in [3.8, 4) is 0 Å². The second-order valence-electron chi connectivity index (χ2n) is 4.18. The summed E-state index contributed by atoms with van der Waals surface area (Å²) < 4.78 is 4.97. The third kappa shape index (κ3) is 3.77. The van der Waals surface area contributed by atoms with E-state index in [1.165, 1.54) is 16.9 Å². The van der Waals surface area contributed by atoms with Crippen LogP contribution in [0, 0.1) is 6.92 Å². The van der Waals surface area contributed by atoms with Crippen molar-refractivity contribution in [1.29, 1.82) is 0 Å². The molecule has 0 unspecified atom stereocenters. The molecule has 6 heteroatoms. The van der Waals surface area contributed by atoms with E-state index in [4.69, 9.17) is 4.74 Å². The molecule has 0 aliphatic heterocycles. The van der Waals surface area contributed by atoms with Gasteiger partial charge >= 0.3 is 5.97 Å². The number of ether oxygens (including phenoxy) is 1. The summed E-state index contributed by atoms with van der Waals surface area (Å²) in [5.41, 5.74) is 1.57. The fourth-order valence-electron chi connectivity index (χ4n) is 1.72. The van der Waals surface area contributed by atoms with Crippen LogP contribution in [0.5, 0.6) is 0 Å². The number of hydrogen-bond acceptors (Lipinski definition) is 6. The van der Waals surface area contributed by atoms with Crippen molar-refractivity contribution in [3.63, 3.8) is 0 Å². The first-order valence-electron chi connectivity index (χ1n) is 6.48. The number of carbonyl (C=O) groups is 1. The average Bonchev–Trinajstić information content (AvgIpc) is 2.81. The van der Waals surface area contributed by atoms with Gasteiger partial charge in [0.1, 0.15) is 0 Å². The largest absolute Gasteiger partial charge is 0.461 e. The lowest BCUT2D eigenvalue weighted by Crippen LogP contribution is -2.08. The second-order valence-corrected chi connectivity index (χ2v) is 5.39. The first-order chi connectivity index (χ1) is 9.70. The Kier molecular flexibility index (Phi) is 5.06. The Morgan fingerprint density at radius 2 is 2.35 bits per heavy atom. The Morgan fingerprint density at radius 1 is 1.50 bits per heavy atom. The summed E-state index contributed by atoms with van der Waals surface area (Å²) >= 11 is 1.47. The number of pyridine rings is 1. The van der Waals surface area contributed by atoms with Crippen LogP contribution in [-0.2, 0) is 11.2 Å². The van der Waals surface area contributed by atoms with Gasteiger partial charge in [0.05, 0.1) is 6.61 Å². The van der Waals surface area contributed by atoms with Crippen LogP contribution in [0.25, 0.3) is 0 Å². The number of hydrogen-bond donors (Lipinski definition) is 1. The number of carbonyl (C=O) groups excluding carboxylic acids is 1. The molecule has 0 bridgehead atoms. The number of nitrogens with zero attached hydrogens (tertiary/aromatic N) is 2. The predicted molar refractivity (Wildman–Crippen MR) is 79.2 cm³/mol. The SMILES string of the molecule is CCOC(=O)c1nc(NCCc2cccnc2)sc1C. The van der Waals surface area contributed by atoms with Gasteiger partial charge in [0.15, 0.2) is 10.8 Å². The zero-order valence-corrected chi connectivity index (χ0v) is 12.4. The van der Waals surface area contributed by atoms with Crippen molar-refractivity contribution < 1.29 is 9.53 Å². The number of aromatic nitrogens is 2. The Labute approximate surface area is 122 Å². The molecule has 5 nitrogen and oxygen atoms in total. The maximum Gasteiger partial charge on any atom is 0.358 e. The molecule has 2 rings (SSSR count). The van der Waals surface area contributed by atoms with Crippen molar-refractivity contribution in [2.24, 2.45) is 0 Å². The molecule has 1 N–H and O–H groups in total. The maximum absolute atomic E-state index is 11.7. The normalized spacial score (nSPS) is 10.3. The highest BCUT2D eigenvalue weighted by Crippen LogP contribution is 2.22. The summed E-state index contributed by atoms with van der Waals surface area (Å²) in [7, 11) is 0. The molecule has 106 valence electrons. The van der Waals surface area contributed by atoms with Gasteiger partial charge in [-0.15, -0.1) is 11.3 Å². The van der Waals surface area contributed by atoms with Gasteiger partial charge in [0.25, 0.3) is 0 Å². The smallest absolute Gasteiger partial charge is 0.358 e. The third-order valence-electron chi connectivity index (χ3n) is 2.68. The quantitative estimate of drug-likeness (QED) is 0.829. The molecule has 20 heavy (non-hydrogen) atoms. The Hall–Kier alpha value is -1.95. The van der Waals surface area contributed by atoms with Crippen LogP contribution in [-0.4, -0.2) is 29.1 Å². The minimum atomic E-state index is -0.360. The molecule has 0 amide bonds. The van der Waals surface area contributed by atoms with Crippen LogP contribution in [0.15, 0.2) is 24.5 Å². The maximum atomic E-state index is 11.7. The summed E-state index contributed by atoms with van der Waals surface area (Å²) in [5, 5.41) is 3.97. The van der Waals surface area contributed by atoms with Crippen LogP contribution < -0.4 is 5.32 Å². The van der Waals surface area contributed by atoms with E-state index in [-0.39, 0.29) is 5.97 Å². The topological polar surface area (TPSA) is 64.1 Å². The zero-order chi connectivity index (χ0) is 14.4. The Morgan fingerprint density at radius 3 is 3.05 bits per heavy atom. The van der Waals surface area contributed by atoms with Gasteiger partial charge in [0, 0.05) is 23.8 Å². The molecule has 0 aliphatic rings. The minimum absolute atomic E-state index is 0.360. The molecule has 0 atom stereocenters. The van der Waals surface area contributed by atoms with Crippen LogP contribution >= 0.6 is 11.3 Å². The lowest BCUT2D eigenvalue weighted by molar-refractivity contribution is 0.0519. The third-order valence-corrected chi connectivity index (χ3v) is 3.61. The van der Waals surface area contributed by atoms with Gasteiger partial charge in [-0.3, -0.25) is 4.98 Å². The Balaban J connectivity index is 1.91. The number of anilines is 1. The van der Waals surface area contributed by atoms with Crippen LogP contribution in [0.2, 0.25) is 0 Å². The summed E-state index contributed by atoms with van der Waals surface area (Å²) in [6.45, 7) is 4.77. The number of aryl methyl sites for hydroxylation is 1. The van der Waals surface area contributed by atoms with Crippen molar-refractivity contribution in [3.05, 3.63) is 40.7 Å². The number of esters is 1. The van der Waals surface area contributed by atoms with E-state index in [2.05, 4.69) is 15.3 Å². The Bertz CT molecular complexity index is 569. The molecule has 0 spiro atoms. The fraction of sp³-hybridized carbons (Fsp3) is 0.357. The van der Waals surface area contributed by atoms with E-state index in [9.17, 15) is 4.79 Å². The first kappa shape index (κ1) is 14.5. The van der Waals surface area contributed by atoms with Crippen LogP contribution in [0.1, 0.15) is 27.9 Å². The van der Waals surface area contributed by atoms with E-state index >= 15 is 0 Å². The van der Waals surface area contributed by atoms with Crippen LogP contribution in [0.3, 0.4) is 0 Å². The zero-order valence-electron chi connectivity index (χ0n) is 11.5. The molecule has 0 saturated carbocycles. The van der Waals surface area contributed by atoms with Crippen molar-refractivity contribution >= 4 is 22.4 Å². The van der Waals surface area contributed by atoms with Gasteiger partial charge in [0.2, 0.25) is 0 Å². The molecule has 0 saturated heterocycles. The van der Waals surface area contributed by atoms with E-state index < -0.39 is 0 Å². The van der Waals surface area contributed by atoms with Gasteiger partial charge in [-0.05, 0) is 31.9 Å². The molecular weight excluding hydrogens is 274 g/mol. The molecule has 0 aromatic carbocycles. The molecule has 0 radical (unpaired) electrons. The van der Waals surface area contributed by atoms with Crippen molar-refractivity contribution in [2.75, 3.05) is 18.5 Å². The predicted octanol–water partition coefficient (Wildman–Crippen LogP) is 2.68. The summed E-state index contributed by atoms with van der Waals surface area (Å²) in [6, 6.07) is 3.95. The van der Waals surface area contributed by atoms with E-state index in [0.717, 1.165) is 23.0 Å². The molecular formula is C14H17N3O2S. The fourth-order valence-corrected chi connectivity index (χ4v) is 2.55. The standard InChI is InChI=1S/C14H17N3O2S/c1-3-19-13(18)12-10(2)20-14(17-12)16-8-6-11-5-4-7-15-9-11/h4-5,7,9H,3,6,8H2,1-2H3,(H,16,17). The second kappa shape index (κ2) is 7.00. The molecule has 2 heterocycles. The van der Waals surface area contributed by atoms with Crippen molar-refractivity contribution in [2.45, 2.75) is 20.3 Å². The summed E-state index contributed by atoms with van der Waals surface area (Å²) in [4.78, 5) is 20.9. The lowest BCUT2D eigenvalue weighted by atomic mass is 10.2. The molecule has 0 fully saturated rings. The highest BCUT2D eigenvalue weighted by atomic mass is 32.1. The van der Waals surface area contributed by atoms with E-state index in [0.29, 0.717) is 12.3 Å². The summed E-state index contributed by atoms with van der Waals surface area (Å²) in [6.07, 6.45) is 4.47. The van der Waals surface area contributed by atoms with Gasteiger partial charge in [-0.2, -0.15) is 0 Å². The van der Waals surface area contributed by atoms with Gasteiger partial charge in [-0.1, -0.05) is 6.07 Å². The van der Waals surface area contributed by atoms with Crippen molar-refractivity contribution in [1.82, 2.24) is 9.97 Å². The van der Waals surface area contributed by atoms with Gasteiger partial charge in [-0.25, -0.2) is 9.78 Å². The lowest BCUT2D eigenvalue weighted by Gasteiger charge is -2.02. The van der Waals surface area contributed by atoms with E-state index in [1.54, 1.807) is 13.1 Å². The number of rotatable bonds is 6. The van der Waals surface area contributed by atoms with Crippen LogP contribution in [0.4, 0.5) is 5.13 Å². The minimum Gasteiger partial charge on any atom is -0.461 e. The molecule has 2 aromatic heterocycles. The summed E-state index contributed by atoms with van der Waals surface area (Å²) in [5.74, 6) is -0.360. The first-order valence-corrected chi connectivity index (χ1v) is 7.29. The van der Waals surface area contributed by atoms with Gasteiger partial charge < -0.3 is 10.1 Å².